The van der Waals surface area contributed by atoms with E-state index in [2.05, 4.69) is 15.5 Å². The highest BCUT2D eigenvalue weighted by Gasteiger charge is 2.30. The van der Waals surface area contributed by atoms with Crippen LogP contribution in [0.15, 0.2) is 78.9 Å². The first kappa shape index (κ1) is 20.8. The van der Waals surface area contributed by atoms with Crippen molar-refractivity contribution < 1.29 is 9.59 Å². The summed E-state index contributed by atoms with van der Waals surface area (Å²) in [6, 6.07) is 24.2. The molecule has 1 fully saturated rings. The number of carbonyl (C=O) groups excluding carboxylic acids is 2. The van der Waals surface area contributed by atoms with Gasteiger partial charge in [-0.2, -0.15) is 0 Å². The van der Waals surface area contributed by atoms with Crippen LogP contribution in [0, 0.1) is 6.92 Å². The molecule has 0 aromatic heterocycles. The number of carbonyl (C=O) groups is 2. The van der Waals surface area contributed by atoms with E-state index in [1.807, 2.05) is 73.7 Å². The van der Waals surface area contributed by atoms with Gasteiger partial charge < -0.3 is 10.6 Å². The largest absolute Gasteiger partial charge is 0.324 e. The van der Waals surface area contributed by atoms with Crippen LogP contribution in [0.4, 0.5) is 11.4 Å². The van der Waals surface area contributed by atoms with Crippen molar-refractivity contribution in [3.8, 4) is 0 Å². The predicted octanol–water partition coefficient (Wildman–Crippen LogP) is 5.02. The molecule has 3 aromatic carbocycles. The first-order valence-corrected chi connectivity index (χ1v) is 10.7. The summed E-state index contributed by atoms with van der Waals surface area (Å²) in [6.45, 7) is 3.74. The number of amides is 2. The number of likely N-dealkylation sites (tertiary alicyclic amines) is 1. The van der Waals surface area contributed by atoms with Gasteiger partial charge in [0.05, 0.1) is 0 Å². The van der Waals surface area contributed by atoms with E-state index in [4.69, 9.17) is 0 Å². The Morgan fingerprint density at radius 1 is 0.774 bits per heavy atom. The second-order valence-electron chi connectivity index (χ2n) is 7.84. The molecule has 0 radical (unpaired) electrons. The van der Waals surface area contributed by atoms with Crippen LogP contribution in [0.3, 0.4) is 0 Å². The molecule has 2 amide bonds. The van der Waals surface area contributed by atoms with Gasteiger partial charge in [-0.1, -0.05) is 54.6 Å². The molecular formula is C26H27N3O2. The lowest BCUT2D eigenvalue weighted by molar-refractivity contribution is -0.121. The Hall–Kier alpha value is -3.44. The molecular weight excluding hydrogens is 386 g/mol. The molecule has 0 bridgehead atoms. The van der Waals surface area contributed by atoms with Gasteiger partial charge in [0, 0.05) is 16.9 Å². The van der Waals surface area contributed by atoms with E-state index < -0.39 is 0 Å². The Morgan fingerprint density at radius 2 is 1.35 bits per heavy atom. The summed E-state index contributed by atoms with van der Waals surface area (Å²) in [6.07, 6.45) is 2.22. The van der Waals surface area contributed by atoms with E-state index in [-0.39, 0.29) is 17.9 Å². The van der Waals surface area contributed by atoms with Crippen LogP contribution in [-0.4, -0.2) is 29.8 Å². The van der Waals surface area contributed by atoms with Crippen LogP contribution in [0.2, 0.25) is 0 Å². The van der Waals surface area contributed by atoms with Gasteiger partial charge >= 0.3 is 0 Å². The van der Waals surface area contributed by atoms with Gasteiger partial charge in [-0.15, -0.1) is 0 Å². The quantitative estimate of drug-likeness (QED) is 0.596. The van der Waals surface area contributed by atoms with E-state index in [1.54, 1.807) is 12.1 Å². The van der Waals surface area contributed by atoms with Gasteiger partial charge in [0.2, 0.25) is 5.91 Å². The third-order valence-electron chi connectivity index (χ3n) is 5.75. The minimum atomic E-state index is -0.328. The third kappa shape index (κ3) is 4.84. The maximum absolute atomic E-state index is 13.4. The average Bonchev–Trinajstić information content (AvgIpc) is 3.32. The summed E-state index contributed by atoms with van der Waals surface area (Å²) in [5, 5.41) is 6.06. The molecule has 1 heterocycles. The van der Waals surface area contributed by atoms with Crippen LogP contribution in [-0.2, 0) is 4.79 Å². The van der Waals surface area contributed by atoms with Crippen molar-refractivity contribution in [1.29, 1.82) is 0 Å². The Bertz CT molecular complexity index is 1040. The fraction of sp³-hybridized carbons (Fsp3) is 0.231. The highest BCUT2D eigenvalue weighted by Crippen LogP contribution is 2.29. The number of anilines is 2. The average molecular weight is 414 g/mol. The van der Waals surface area contributed by atoms with E-state index >= 15 is 0 Å². The zero-order valence-electron chi connectivity index (χ0n) is 17.7. The Balaban J connectivity index is 1.54. The monoisotopic (exact) mass is 413 g/mol. The van der Waals surface area contributed by atoms with Crippen molar-refractivity contribution in [2.24, 2.45) is 0 Å². The molecule has 1 aliphatic heterocycles. The van der Waals surface area contributed by atoms with Crippen molar-refractivity contribution in [1.82, 2.24) is 4.90 Å². The maximum atomic E-state index is 13.4. The molecule has 0 aliphatic carbocycles. The summed E-state index contributed by atoms with van der Waals surface area (Å²) in [7, 11) is 0. The first-order valence-electron chi connectivity index (χ1n) is 10.7. The van der Waals surface area contributed by atoms with Crippen molar-refractivity contribution in [2.75, 3.05) is 23.7 Å². The number of hydrogen-bond donors (Lipinski definition) is 2. The van der Waals surface area contributed by atoms with Crippen LogP contribution in [0.1, 0.15) is 40.4 Å². The Labute approximate surface area is 183 Å². The van der Waals surface area contributed by atoms with Crippen molar-refractivity contribution in [2.45, 2.75) is 25.8 Å². The number of benzene rings is 3. The molecule has 0 saturated carbocycles. The van der Waals surface area contributed by atoms with Gasteiger partial charge in [-0.3, -0.25) is 14.5 Å². The second kappa shape index (κ2) is 9.58. The van der Waals surface area contributed by atoms with Gasteiger partial charge in [0.1, 0.15) is 6.04 Å². The lowest BCUT2D eigenvalue weighted by Crippen LogP contribution is -2.35. The number of rotatable bonds is 6. The molecule has 31 heavy (non-hydrogen) atoms. The van der Waals surface area contributed by atoms with Crippen LogP contribution < -0.4 is 10.6 Å². The molecule has 4 rings (SSSR count). The second-order valence-corrected chi connectivity index (χ2v) is 7.84. The third-order valence-corrected chi connectivity index (χ3v) is 5.75. The van der Waals surface area contributed by atoms with Crippen LogP contribution in [0.5, 0.6) is 0 Å². The minimum absolute atomic E-state index is 0.0530. The summed E-state index contributed by atoms with van der Waals surface area (Å²) >= 11 is 0. The molecule has 5 nitrogen and oxygen atoms in total. The molecule has 1 unspecified atom stereocenters. The maximum Gasteiger partial charge on any atom is 0.255 e. The van der Waals surface area contributed by atoms with Gasteiger partial charge in [-0.05, 0) is 68.2 Å². The van der Waals surface area contributed by atoms with Gasteiger partial charge in [0.25, 0.3) is 5.91 Å². The van der Waals surface area contributed by atoms with E-state index in [0.717, 1.165) is 37.1 Å². The number of nitrogens with zero attached hydrogens (tertiary/aromatic N) is 1. The van der Waals surface area contributed by atoms with Crippen LogP contribution >= 0.6 is 0 Å². The number of hydrogen-bond acceptors (Lipinski definition) is 3. The van der Waals surface area contributed by atoms with Crippen molar-refractivity contribution >= 4 is 23.2 Å². The molecule has 3 aromatic rings. The predicted molar refractivity (Wildman–Crippen MR) is 124 cm³/mol. The molecule has 2 N–H and O–H groups in total. The molecule has 5 heteroatoms. The smallest absolute Gasteiger partial charge is 0.255 e. The zero-order valence-corrected chi connectivity index (χ0v) is 17.7. The summed E-state index contributed by atoms with van der Waals surface area (Å²) in [5.74, 6) is -0.228. The molecule has 1 saturated heterocycles. The highest BCUT2D eigenvalue weighted by molar-refractivity contribution is 6.05. The van der Waals surface area contributed by atoms with E-state index in [9.17, 15) is 9.59 Å². The summed E-state index contributed by atoms with van der Waals surface area (Å²) < 4.78 is 0. The van der Waals surface area contributed by atoms with Crippen molar-refractivity contribution in [3.63, 3.8) is 0 Å². The summed E-state index contributed by atoms with van der Waals surface area (Å²) in [4.78, 5) is 28.2. The van der Waals surface area contributed by atoms with Gasteiger partial charge in [0.15, 0.2) is 0 Å². The molecule has 1 atom stereocenters. The van der Waals surface area contributed by atoms with Crippen molar-refractivity contribution in [3.05, 3.63) is 95.6 Å². The topological polar surface area (TPSA) is 61.4 Å². The van der Waals surface area contributed by atoms with E-state index in [0.29, 0.717) is 16.9 Å². The highest BCUT2D eigenvalue weighted by atomic mass is 16.2. The lowest BCUT2D eigenvalue weighted by Gasteiger charge is -2.27. The fourth-order valence-electron chi connectivity index (χ4n) is 4.05. The lowest BCUT2D eigenvalue weighted by atomic mass is 10.0. The standard InChI is InChI=1S/C26H27N3O2/c1-19-22(27-25(30)21-13-6-3-7-14-21)15-10-16-23(19)28-26(31)24(29-17-8-9-18-29)20-11-4-2-5-12-20/h2-7,10-16,24H,8-9,17-18H2,1H3,(H,27,30)(H,28,31). The fourth-order valence-corrected chi connectivity index (χ4v) is 4.05. The first-order chi connectivity index (χ1) is 15.1. The normalized spacial score (nSPS) is 14.7. The number of nitrogens with one attached hydrogen (secondary N) is 2. The minimum Gasteiger partial charge on any atom is -0.324 e. The molecule has 1 aliphatic rings. The SMILES string of the molecule is Cc1c(NC(=O)c2ccccc2)cccc1NC(=O)C(c1ccccc1)N1CCCC1. The zero-order chi connectivity index (χ0) is 21.6. The Kier molecular flexibility index (Phi) is 6.43. The van der Waals surface area contributed by atoms with E-state index in [1.165, 1.54) is 0 Å². The van der Waals surface area contributed by atoms with Gasteiger partial charge in [-0.25, -0.2) is 0 Å². The molecule has 158 valence electrons. The van der Waals surface area contributed by atoms with Crippen LogP contribution in [0.25, 0.3) is 0 Å². The Morgan fingerprint density at radius 3 is 2.00 bits per heavy atom. The molecule has 0 spiro atoms. The summed E-state index contributed by atoms with van der Waals surface area (Å²) in [5.41, 5.74) is 3.80.